The number of hydrogen-bond acceptors (Lipinski definition) is 3. The first kappa shape index (κ1) is 15.3. The number of urea groups is 1. The van der Waals surface area contributed by atoms with Crippen LogP contribution in [0.25, 0.3) is 0 Å². The average molecular weight is 271 g/mol. The zero-order chi connectivity index (χ0) is 14.4. The molecule has 3 amide bonds. The van der Waals surface area contributed by atoms with Crippen LogP contribution in [0.4, 0.5) is 4.79 Å². The predicted molar refractivity (Wildman–Crippen MR) is 68.4 cm³/mol. The second-order valence-corrected chi connectivity index (χ2v) is 4.81. The number of nitrogens with one attached hydrogen (secondary N) is 1. The summed E-state index contributed by atoms with van der Waals surface area (Å²) >= 11 is 0. The maximum atomic E-state index is 12.2. The van der Waals surface area contributed by atoms with Crippen molar-refractivity contribution in [3.05, 3.63) is 0 Å². The minimum Gasteiger partial charge on any atom is -0.481 e. The van der Waals surface area contributed by atoms with Gasteiger partial charge in [-0.2, -0.15) is 0 Å². The summed E-state index contributed by atoms with van der Waals surface area (Å²) in [5.74, 6) is -1.64. The number of aliphatic carboxylic acids is 1. The van der Waals surface area contributed by atoms with Crippen molar-refractivity contribution in [2.45, 2.75) is 38.6 Å². The molecule has 1 aliphatic rings. The lowest BCUT2D eigenvalue weighted by atomic mass is 10.1. The molecule has 1 aliphatic heterocycles. The maximum absolute atomic E-state index is 12.2. The van der Waals surface area contributed by atoms with E-state index >= 15 is 0 Å². The molecular weight excluding hydrogens is 250 g/mol. The summed E-state index contributed by atoms with van der Waals surface area (Å²) in [6.45, 7) is 2.61. The fourth-order valence-corrected chi connectivity index (χ4v) is 2.22. The minimum atomic E-state index is -0.886. The van der Waals surface area contributed by atoms with Gasteiger partial charge >= 0.3 is 12.0 Å². The van der Waals surface area contributed by atoms with Crippen LogP contribution >= 0.6 is 0 Å². The number of carbonyl (C=O) groups excluding carboxylic acids is 2. The Balaban J connectivity index is 2.60. The van der Waals surface area contributed by atoms with Crippen LogP contribution in [-0.2, 0) is 9.59 Å². The number of carboxylic acid groups (broad SMARTS) is 1. The van der Waals surface area contributed by atoms with E-state index in [0.29, 0.717) is 19.4 Å². The SMILES string of the molecule is CCCCC(NC(N)=O)C(=O)N1CCC(C(=O)O)C1. The largest absolute Gasteiger partial charge is 0.481 e. The van der Waals surface area contributed by atoms with Crippen LogP contribution in [0.2, 0.25) is 0 Å². The molecule has 0 bridgehead atoms. The summed E-state index contributed by atoms with van der Waals surface area (Å²) in [5, 5.41) is 11.3. The number of primary amides is 1. The second kappa shape index (κ2) is 6.96. The number of carbonyl (C=O) groups is 3. The van der Waals surface area contributed by atoms with Crippen molar-refractivity contribution < 1.29 is 19.5 Å². The van der Waals surface area contributed by atoms with Crippen molar-refractivity contribution in [2.75, 3.05) is 13.1 Å². The molecule has 0 spiro atoms. The van der Waals surface area contributed by atoms with E-state index in [-0.39, 0.29) is 12.5 Å². The van der Waals surface area contributed by atoms with Crippen LogP contribution in [0, 0.1) is 5.92 Å². The Labute approximate surface area is 112 Å². The molecule has 0 aliphatic carbocycles. The van der Waals surface area contributed by atoms with Crippen molar-refractivity contribution in [1.29, 1.82) is 0 Å². The van der Waals surface area contributed by atoms with Crippen LogP contribution in [-0.4, -0.2) is 47.0 Å². The number of unbranched alkanes of at least 4 members (excludes halogenated alkanes) is 1. The molecule has 0 aromatic carbocycles. The van der Waals surface area contributed by atoms with Crippen LogP contribution in [0.5, 0.6) is 0 Å². The number of likely N-dealkylation sites (tertiary alicyclic amines) is 1. The van der Waals surface area contributed by atoms with E-state index in [4.69, 9.17) is 10.8 Å². The number of nitrogens with zero attached hydrogens (tertiary/aromatic N) is 1. The third-order valence-corrected chi connectivity index (χ3v) is 3.31. The number of nitrogens with two attached hydrogens (primary N) is 1. The van der Waals surface area contributed by atoms with E-state index in [0.717, 1.165) is 12.8 Å². The Morgan fingerprint density at radius 3 is 2.63 bits per heavy atom. The molecule has 4 N–H and O–H groups in total. The molecule has 7 nitrogen and oxygen atoms in total. The number of hydrogen-bond donors (Lipinski definition) is 3. The van der Waals surface area contributed by atoms with E-state index in [1.54, 1.807) is 0 Å². The van der Waals surface area contributed by atoms with E-state index in [9.17, 15) is 14.4 Å². The van der Waals surface area contributed by atoms with E-state index in [2.05, 4.69) is 5.32 Å². The molecule has 0 saturated carbocycles. The fourth-order valence-electron chi connectivity index (χ4n) is 2.22. The highest BCUT2D eigenvalue weighted by molar-refractivity contribution is 5.87. The zero-order valence-corrected chi connectivity index (χ0v) is 11.1. The van der Waals surface area contributed by atoms with Crippen LogP contribution in [0.15, 0.2) is 0 Å². The van der Waals surface area contributed by atoms with Gasteiger partial charge < -0.3 is 21.1 Å². The Morgan fingerprint density at radius 1 is 1.47 bits per heavy atom. The van der Waals surface area contributed by atoms with Gasteiger partial charge in [0.1, 0.15) is 6.04 Å². The Morgan fingerprint density at radius 2 is 2.16 bits per heavy atom. The highest BCUT2D eigenvalue weighted by Gasteiger charge is 2.34. The first-order valence-electron chi connectivity index (χ1n) is 6.53. The molecule has 0 aromatic rings. The minimum absolute atomic E-state index is 0.206. The van der Waals surface area contributed by atoms with Gasteiger partial charge in [-0.05, 0) is 12.8 Å². The summed E-state index contributed by atoms with van der Waals surface area (Å²) in [4.78, 5) is 35.5. The van der Waals surface area contributed by atoms with Crippen molar-refractivity contribution in [2.24, 2.45) is 11.7 Å². The predicted octanol–water partition coefficient (Wildman–Crippen LogP) is 0.147. The van der Waals surface area contributed by atoms with Gasteiger partial charge in [0.15, 0.2) is 0 Å². The molecule has 1 saturated heterocycles. The quantitative estimate of drug-likeness (QED) is 0.638. The normalized spacial score (nSPS) is 20.1. The Kier molecular flexibility index (Phi) is 5.59. The lowest BCUT2D eigenvalue weighted by Crippen LogP contribution is -2.49. The van der Waals surface area contributed by atoms with Gasteiger partial charge in [-0.25, -0.2) is 4.79 Å². The number of carboxylic acids is 1. The van der Waals surface area contributed by atoms with Crippen LogP contribution in [0.1, 0.15) is 32.6 Å². The standard InChI is InChI=1S/C12H21N3O4/c1-2-3-4-9(14-12(13)19)10(16)15-6-5-8(7-15)11(17)18/h8-9H,2-7H2,1H3,(H,17,18)(H3,13,14,19). The number of amides is 3. The Bertz CT molecular complexity index is 359. The van der Waals surface area contributed by atoms with Gasteiger partial charge in [-0.15, -0.1) is 0 Å². The van der Waals surface area contributed by atoms with E-state index in [1.807, 2.05) is 6.92 Å². The summed E-state index contributed by atoms with van der Waals surface area (Å²) < 4.78 is 0. The van der Waals surface area contributed by atoms with Gasteiger partial charge in [-0.3, -0.25) is 9.59 Å². The van der Waals surface area contributed by atoms with Crippen LogP contribution < -0.4 is 11.1 Å². The van der Waals surface area contributed by atoms with Gasteiger partial charge in [0.25, 0.3) is 0 Å². The van der Waals surface area contributed by atoms with E-state index < -0.39 is 24.0 Å². The lowest BCUT2D eigenvalue weighted by Gasteiger charge is -2.23. The van der Waals surface area contributed by atoms with Gasteiger partial charge in [0, 0.05) is 13.1 Å². The first-order valence-corrected chi connectivity index (χ1v) is 6.53. The first-order chi connectivity index (χ1) is 8.95. The number of rotatable bonds is 6. The molecule has 19 heavy (non-hydrogen) atoms. The van der Waals surface area contributed by atoms with Crippen molar-refractivity contribution in [3.63, 3.8) is 0 Å². The van der Waals surface area contributed by atoms with Crippen molar-refractivity contribution >= 4 is 17.9 Å². The molecule has 0 radical (unpaired) electrons. The van der Waals surface area contributed by atoms with E-state index in [1.165, 1.54) is 4.90 Å². The summed E-state index contributed by atoms with van der Waals surface area (Å²) in [7, 11) is 0. The smallest absolute Gasteiger partial charge is 0.312 e. The molecule has 2 atom stereocenters. The maximum Gasteiger partial charge on any atom is 0.312 e. The molecule has 0 aromatic heterocycles. The van der Waals surface area contributed by atoms with Gasteiger partial charge in [0.05, 0.1) is 5.92 Å². The summed E-state index contributed by atoms with van der Waals surface area (Å²) in [6.07, 6.45) is 2.68. The lowest BCUT2D eigenvalue weighted by molar-refractivity contribution is -0.141. The highest BCUT2D eigenvalue weighted by Crippen LogP contribution is 2.18. The molecule has 1 fully saturated rings. The Hall–Kier alpha value is -1.79. The second-order valence-electron chi connectivity index (χ2n) is 4.81. The molecule has 7 heteroatoms. The molecular formula is C12H21N3O4. The molecule has 1 heterocycles. The highest BCUT2D eigenvalue weighted by atomic mass is 16.4. The zero-order valence-electron chi connectivity index (χ0n) is 11.1. The van der Waals surface area contributed by atoms with Crippen molar-refractivity contribution in [1.82, 2.24) is 10.2 Å². The van der Waals surface area contributed by atoms with Gasteiger partial charge in [-0.1, -0.05) is 19.8 Å². The third-order valence-electron chi connectivity index (χ3n) is 3.31. The molecule has 2 unspecified atom stereocenters. The van der Waals surface area contributed by atoms with Crippen LogP contribution in [0.3, 0.4) is 0 Å². The fraction of sp³-hybridized carbons (Fsp3) is 0.750. The average Bonchev–Trinajstić information content (AvgIpc) is 2.82. The van der Waals surface area contributed by atoms with Gasteiger partial charge in [0.2, 0.25) is 5.91 Å². The van der Waals surface area contributed by atoms with Crippen molar-refractivity contribution in [3.8, 4) is 0 Å². The molecule has 1 rings (SSSR count). The summed E-state index contributed by atoms with van der Waals surface area (Å²) in [6, 6.07) is -1.38. The molecule has 108 valence electrons. The third kappa shape index (κ3) is 4.42. The monoisotopic (exact) mass is 271 g/mol. The topological polar surface area (TPSA) is 113 Å². The summed E-state index contributed by atoms with van der Waals surface area (Å²) in [5.41, 5.74) is 5.06.